The Hall–Kier alpha value is -0.920. The summed E-state index contributed by atoms with van der Waals surface area (Å²) in [4.78, 5) is 12.3. The first-order valence-electron chi connectivity index (χ1n) is 8.42. The van der Waals surface area contributed by atoms with E-state index in [-0.39, 0.29) is 24.4 Å². The van der Waals surface area contributed by atoms with Crippen molar-refractivity contribution in [1.82, 2.24) is 9.62 Å². The van der Waals surface area contributed by atoms with E-state index in [1.165, 1.54) is 24.2 Å². The van der Waals surface area contributed by atoms with E-state index >= 15 is 0 Å². The van der Waals surface area contributed by atoms with Crippen molar-refractivity contribution in [1.29, 1.82) is 0 Å². The summed E-state index contributed by atoms with van der Waals surface area (Å²) < 4.78 is 27.5. The molecule has 5 nitrogen and oxygen atoms in total. The van der Waals surface area contributed by atoms with E-state index < -0.39 is 10.0 Å². The van der Waals surface area contributed by atoms with Gasteiger partial charge in [-0.2, -0.15) is 4.31 Å². The third-order valence-corrected chi connectivity index (χ3v) is 8.10. The number of hydrogen-bond acceptors (Lipinski definition) is 4. The number of rotatable bonds is 5. The zero-order valence-electron chi connectivity index (χ0n) is 13.2. The lowest BCUT2D eigenvalue weighted by molar-refractivity contribution is -0.122. The summed E-state index contributed by atoms with van der Waals surface area (Å²) >= 11 is 1.24. The maximum absolute atomic E-state index is 12.8. The molecule has 1 N–H and O–H groups in total. The second-order valence-electron chi connectivity index (χ2n) is 6.45. The Labute approximate surface area is 142 Å². The van der Waals surface area contributed by atoms with Gasteiger partial charge in [0.2, 0.25) is 5.91 Å². The number of carbonyl (C=O) groups is 1. The topological polar surface area (TPSA) is 66.5 Å². The quantitative estimate of drug-likeness (QED) is 0.882. The minimum absolute atomic E-state index is 0.00446. The molecule has 1 saturated carbocycles. The second-order valence-corrected chi connectivity index (χ2v) is 9.52. The zero-order chi connectivity index (χ0) is 16.3. The molecule has 23 heavy (non-hydrogen) atoms. The molecule has 2 aliphatic rings. The Balaban J connectivity index is 1.67. The molecule has 3 rings (SSSR count). The van der Waals surface area contributed by atoms with Crippen molar-refractivity contribution in [2.24, 2.45) is 0 Å². The number of piperidine rings is 1. The van der Waals surface area contributed by atoms with Crippen LogP contribution in [0.4, 0.5) is 0 Å². The van der Waals surface area contributed by atoms with Gasteiger partial charge >= 0.3 is 0 Å². The number of nitrogens with zero attached hydrogens (tertiary/aromatic N) is 1. The maximum atomic E-state index is 12.8. The van der Waals surface area contributed by atoms with Crippen molar-refractivity contribution in [3.8, 4) is 0 Å². The molecular weight excluding hydrogens is 332 g/mol. The minimum atomic E-state index is -3.47. The highest BCUT2D eigenvalue weighted by Crippen LogP contribution is 2.29. The molecular formula is C16H24N2O3S2. The van der Waals surface area contributed by atoms with Gasteiger partial charge in [0, 0.05) is 25.0 Å². The van der Waals surface area contributed by atoms with E-state index in [1.54, 1.807) is 21.8 Å². The van der Waals surface area contributed by atoms with Gasteiger partial charge in [-0.15, -0.1) is 11.3 Å². The monoisotopic (exact) mass is 356 g/mol. The van der Waals surface area contributed by atoms with E-state index in [1.807, 2.05) is 0 Å². The largest absolute Gasteiger partial charge is 0.353 e. The molecule has 1 atom stereocenters. The molecule has 128 valence electrons. The fraction of sp³-hybridized carbons (Fsp3) is 0.688. The lowest BCUT2D eigenvalue weighted by Crippen LogP contribution is -2.46. The lowest BCUT2D eigenvalue weighted by atomic mass is 10.0. The standard InChI is InChI=1S/C16H24N2O3S2/c19-15(17-13-6-1-2-7-13)12-14-8-3-4-10-18(14)23(20,21)16-9-5-11-22-16/h5,9,11,13-14H,1-4,6-8,10,12H2,(H,17,19)/t14-/m0/s1. The molecule has 0 bridgehead atoms. The van der Waals surface area contributed by atoms with Crippen LogP contribution in [-0.2, 0) is 14.8 Å². The van der Waals surface area contributed by atoms with Crippen LogP contribution in [0.1, 0.15) is 51.4 Å². The van der Waals surface area contributed by atoms with Crippen molar-refractivity contribution in [2.75, 3.05) is 6.54 Å². The molecule has 1 aliphatic heterocycles. The molecule has 1 aliphatic carbocycles. The van der Waals surface area contributed by atoms with Crippen LogP contribution < -0.4 is 5.32 Å². The van der Waals surface area contributed by atoms with E-state index in [2.05, 4.69) is 5.32 Å². The zero-order valence-corrected chi connectivity index (χ0v) is 14.9. The lowest BCUT2D eigenvalue weighted by Gasteiger charge is -2.34. The van der Waals surface area contributed by atoms with Gasteiger partial charge in [0.25, 0.3) is 10.0 Å². The summed E-state index contributed by atoms with van der Waals surface area (Å²) in [6.45, 7) is 0.515. The molecule has 0 unspecified atom stereocenters. The molecule has 1 saturated heterocycles. The van der Waals surface area contributed by atoms with Crippen molar-refractivity contribution < 1.29 is 13.2 Å². The number of thiophene rings is 1. The molecule has 2 heterocycles. The normalized spacial score (nSPS) is 23.9. The van der Waals surface area contributed by atoms with Crippen LogP contribution in [0.25, 0.3) is 0 Å². The molecule has 0 spiro atoms. The van der Waals surface area contributed by atoms with Crippen molar-refractivity contribution in [3.05, 3.63) is 17.5 Å². The summed E-state index contributed by atoms with van der Waals surface area (Å²) in [5.41, 5.74) is 0. The van der Waals surface area contributed by atoms with Crippen LogP contribution in [0.15, 0.2) is 21.7 Å². The summed E-state index contributed by atoms with van der Waals surface area (Å²) in [7, 11) is -3.47. The summed E-state index contributed by atoms with van der Waals surface area (Å²) in [6, 6.07) is 3.47. The predicted molar refractivity (Wildman–Crippen MR) is 90.9 cm³/mol. The summed E-state index contributed by atoms with van der Waals surface area (Å²) in [5, 5.41) is 4.85. The van der Waals surface area contributed by atoms with E-state index in [0.717, 1.165) is 32.1 Å². The van der Waals surface area contributed by atoms with Gasteiger partial charge < -0.3 is 5.32 Å². The first kappa shape index (κ1) is 16.9. The number of amides is 1. The van der Waals surface area contributed by atoms with Crippen LogP contribution >= 0.6 is 11.3 Å². The summed E-state index contributed by atoms with van der Waals surface area (Å²) in [5.74, 6) is -0.00446. The maximum Gasteiger partial charge on any atom is 0.252 e. The highest BCUT2D eigenvalue weighted by Gasteiger charge is 2.35. The smallest absolute Gasteiger partial charge is 0.252 e. The second kappa shape index (κ2) is 7.32. The van der Waals surface area contributed by atoms with E-state index in [4.69, 9.17) is 0 Å². The Kier molecular flexibility index (Phi) is 5.38. The number of hydrogen-bond donors (Lipinski definition) is 1. The van der Waals surface area contributed by atoms with Crippen molar-refractivity contribution in [3.63, 3.8) is 0 Å². The van der Waals surface area contributed by atoms with Crippen LogP contribution in [-0.4, -0.2) is 37.3 Å². The SMILES string of the molecule is O=C(C[C@@H]1CCCCN1S(=O)(=O)c1cccs1)NC1CCCC1. The Morgan fingerprint density at radius 3 is 2.65 bits per heavy atom. The average Bonchev–Trinajstić information content (AvgIpc) is 3.21. The highest BCUT2D eigenvalue weighted by molar-refractivity contribution is 7.91. The van der Waals surface area contributed by atoms with Gasteiger partial charge in [0.05, 0.1) is 0 Å². The van der Waals surface area contributed by atoms with Crippen LogP contribution in [0.2, 0.25) is 0 Å². The van der Waals surface area contributed by atoms with Gasteiger partial charge in [-0.3, -0.25) is 4.79 Å². The van der Waals surface area contributed by atoms with Crippen molar-refractivity contribution >= 4 is 27.3 Å². The van der Waals surface area contributed by atoms with Gasteiger partial charge in [0.1, 0.15) is 4.21 Å². The first-order valence-corrected chi connectivity index (χ1v) is 10.7. The Morgan fingerprint density at radius 2 is 1.96 bits per heavy atom. The summed E-state index contributed by atoms with van der Waals surface area (Å²) in [6.07, 6.45) is 7.34. The number of sulfonamides is 1. The Bertz CT molecular complexity index is 622. The van der Waals surface area contributed by atoms with Gasteiger partial charge in [-0.1, -0.05) is 25.3 Å². The molecule has 0 aromatic carbocycles. The predicted octanol–water partition coefficient (Wildman–Crippen LogP) is 2.74. The van der Waals surface area contributed by atoms with Gasteiger partial charge in [0.15, 0.2) is 0 Å². The first-order chi connectivity index (χ1) is 11.1. The minimum Gasteiger partial charge on any atom is -0.353 e. The van der Waals surface area contributed by atoms with Gasteiger partial charge in [-0.05, 0) is 37.1 Å². The van der Waals surface area contributed by atoms with Crippen LogP contribution in [0.3, 0.4) is 0 Å². The highest BCUT2D eigenvalue weighted by atomic mass is 32.2. The molecule has 1 amide bonds. The molecule has 7 heteroatoms. The molecule has 0 radical (unpaired) electrons. The van der Waals surface area contributed by atoms with E-state index in [9.17, 15) is 13.2 Å². The van der Waals surface area contributed by atoms with Crippen molar-refractivity contribution in [2.45, 2.75) is 67.7 Å². The Morgan fingerprint density at radius 1 is 1.22 bits per heavy atom. The fourth-order valence-electron chi connectivity index (χ4n) is 3.59. The average molecular weight is 357 g/mol. The fourth-order valence-corrected chi connectivity index (χ4v) is 6.40. The third kappa shape index (κ3) is 3.95. The van der Waals surface area contributed by atoms with Gasteiger partial charge in [-0.25, -0.2) is 8.42 Å². The van der Waals surface area contributed by atoms with Crippen LogP contribution in [0.5, 0.6) is 0 Å². The van der Waals surface area contributed by atoms with Crippen LogP contribution in [0, 0.1) is 0 Å². The number of carbonyl (C=O) groups excluding carboxylic acids is 1. The number of nitrogens with one attached hydrogen (secondary N) is 1. The molecule has 2 fully saturated rings. The third-order valence-electron chi connectivity index (χ3n) is 4.77. The van der Waals surface area contributed by atoms with E-state index in [0.29, 0.717) is 10.8 Å². The molecule has 1 aromatic heterocycles. The molecule has 1 aromatic rings.